The van der Waals surface area contributed by atoms with Crippen LogP contribution in [0.2, 0.25) is 0 Å². The van der Waals surface area contributed by atoms with Crippen molar-refractivity contribution in [1.82, 2.24) is 5.32 Å². The molecule has 1 aliphatic rings. The van der Waals surface area contributed by atoms with E-state index in [1.165, 1.54) is 0 Å². The quantitative estimate of drug-likeness (QED) is 0.890. The second-order valence-corrected chi connectivity index (χ2v) is 5.64. The van der Waals surface area contributed by atoms with Crippen LogP contribution in [0.1, 0.15) is 6.92 Å². The van der Waals surface area contributed by atoms with Crippen LogP contribution in [0, 0.1) is 11.8 Å². The molecule has 1 fully saturated rings. The van der Waals surface area contributed by atoms with E-state index in [1.54, 1.807) is 0 Å². The second kappa shape index (κ2) is 6.62. The summed E-state index contributed by atoms with van der Waals surface area (Å²) >= 11 is 0. The predicted molar refractivity (Wildman–Crippen MR) is 87.1 cm³/mol. The zero-order chi connectivity index (χ0) is 15.4. The van der Waals surface area contributed by atoms with Gasteiger partial charge >= 0.3 is 0 Å². The summed E-state index contributed by atoms with van der Waals surface area (Å²) in [6.45, 7) is 3.82. The summed E-state index contributed by atoms with van der Waals surface area (Å²) < 4.78 is 5.78. The third kappa shape index (κ3) is 3.46. The molecule has 1 heterocycles. The Kier molecular flexibility index (Phi) is 4.39. The van der Waals surface area contributed by atoms with Gasteiger partial charge in [0, 0.05) is 17.7 Å². The molecule has 114 valence electrons. The molecule has 0 aromatic heterocycles. The minimum absolute atomic E-state index is 0.0138. The van der Waals surface area contributed by atoms with Crippen molar-refractivity contribution in [3.63, 3.8) is 0 Å². The minimum Gasteiger partial charge on any atom is -0.457 e. The molecule has 0 saturated carbocycles. The summed E-state index contributed by atoms with van der Waals surface area (Å²) in [6.07, 6.45) is 0. The zero-order valence-electron chi connectivity index (χ0n) is 12.6. The number of carbonyl (C=O) groups excluding carboxylic acids is 1. The molecule has 1 aliphatic heterocycles. The maximum absolute atomic E-state index is 12.2. The van der Waals surface area contributed by atoms with Crippen LogP contribution >= 0.6 is 0 Å². The summed E-state index contributed by atoms with van der Waals surface area (Å²) in [5.74, 6) is 1.99. The van der Waals surface area contributed by atoms with Gasteiger partial charge in [0.25, 0.3) is 0 Å². The number of carbonyl (C=O) groups is 1. The van der Waals surface area contributed by atoms with E-state index in [2.05, 4.69) is 10.6 Å². The third-order valence-electron chi connectivity index (χ3n) is 4.01. The van der Waals surface area contributed by atoms with Crippen molar-refractivity contribution in [2.45, 2.75) is 6.92 Å². The fourth-order valence-corrected chi connectivity index (χ4v) is 2.40. The summed E-state index contributed by atoms with van der Waals surface area (Å²) in [6, 6.07) is 17.1. The molecule has 4 nitrogen and oxygen atoms in total. The van der Waals surface area contributed by atoms with Gasteiger partial charge < -0.3 is 15.4 Å². The van der Waals surface area contributed by atoms with Crippen molar-refractivity contribution < 1.29 is 9.53 Å². The van der Waals surface area contributed by atoms with Crippen molar-refractivity contribution >= 4 is 11.6 Å². The topological polar surface area (TPSA) is 50.4 Å². The number of anilines is 1. The number of hydrogen-bond acceptors (Lipinski definition) is 3. The Labute approximate surface area is 130 Å². The summed E-state index contributed by atoms with van der Waals surface area (Å²) in [4.78, 5) is 12.2. The molecule has 1 atom stereocenters. The lowest BCUT2D eigenvalue weighted by Crippen LogP contribution is -2.48. The van der Waals surface area contributed by atoms with E-state index in [0.29, 0.717) is 11.7 Å². The summed E-state index contributed by atoms with van der Waals surface area (Å²) in [5.41, 5.74) is 0.762. The van der Waals surface area contributed by atoms with E-state index in [9.17, 15) is 4.79 Å². The maximum Gasteiger partial charge on any atom is 0.227 e. The van der Waals surface area contributed by atoms with Crippen molar-refractivity contribution in [3.8, 4) is 11.5 Å². The highest BCUT2D eigenvalue weighted by Gasteiger charge is 2.28. The fourth-order valence-electron chi connectivity index (χ4n) is 2.40. The maximum atomic E-state index is 12.2. The highest BCUT2D eigenvalue weighted by Crippen LogP contribution is 2.25. The highest BCUT2D eigenvalue weighted by molar-refractivity contribution is 5.92. The van der Waals surface area contributed by atoms with Gasteiger partial charge in [-0.3, -0.25) is 4.79 Å². The van der Waals surface area contributed by atoms with E-state index in [1.807, 2.05) is 61.5 Å². The monoisotopic (exact) mass is 296 g/mol. The number of amides is 1. The molecule has 2 aromatic rings. The van der Waals surface area contributed by atoms with Crippen LogP contribution in [0.4, 0.5) is 5.69 Å². The fraction of sp³-hybridized carbons (Fsp3) is 0.278. The molecule has 1 saturated heterocycles. The molecule has 4 heteroatoms. The van der Waals surface area contributed by atoms with E-state index in [0.717, 1.165) is 24.5 Å². The van der Waals surface area contributed by atoms with Crippen LogP contribution in [-0.4, -0.2) is 19.0 Å². The molecule has 0 radical (unpaired) electrons. The van der Waals surface area contributed by atoms with Gasteiger partial charge in [0.2, 0.25) is 5.91 Å². The molecule has 3 rings (SSSR count). The van der Waals surface area contributed by atoms with Crippen LogP contribution in [-0.2, 0) is 4.79 Å². The zero-order valence-corrected chi connectivity index (χ0v) is 12.6. The van der Waals surface area contributed by atoms with Crippen LogP contribution in [0.25, 0.3) is 0 Å². The average molecular weight is 296 g/mol. The Morgan fingerprint density at radius 1 is 1.14 bits per heavy atom. The molecule has 0 aliphatic carbocycles. The predicted octanol–water partition coefficient (Wildman–Crippen LogP) is 3.27. The largest absolute Gasteiger partial charge is 0.457 e. The van der Waals surface area contributed by atoms with Gasteiger partial charge in [-0.15, -0.1) is 0 Å². The van der Waals surface area contributed by atoms with Crippen LogP contribution in [0.15, 0.2) is 54.6 Å². The number of benzene rings is 2. The molecule has 2 aromatic carbocycles. The number of para-hydroxylation sites is 1. The van der Waals surface area contributed by atoms with E-state index >= 15 is 0 Å². The first kappa shape index (κ1) is 14.6. The van der Waals surface area contributed by atoms with Crippen molar-refractivity contribution in [1.29, 1.82) is 0 Å². The molecule has 1 unspecified atom stereocenters. The van der Waals surface area contributed by atoms with E-state index in [-0.39, 0.29) is 11.8 Å². The highest BCUT2D eigenvalue weighted by atomic mass is 16.5. The lowest BCUT2D eigenvalue weighted by Gasteiger charge is -2.31. The van der Waals surface area contributed by atoms with Gasteiger partial charge in [-0.2, -0.15) is 0 Å². The van der Waals surface area contributed by atoms with Gasteiger partial charge in [-0.25, -0.2) is 0 Å². The lowest BCUT2D eigenvalue weighted by atomic mass is 9.88. The normalized spacial score (nSPS) is 15.7. The summed E-state index contributed by atoms with van der Waals surface area (Å²) in [7, 11) is 0. The van der Waals surface area contributed by atoms with Crippen molar-refractivity contribution in [2.24, 2.45) is 11.8 Å². The third-order valence-corrected chi connectivity index (χ3v) is 4.01. The Morgan fingerprint density at radius 2 is 1.86 bits per heavy atom. The Bertz CT molecular complexity index is 639. The van der Waals surface area contributed by atoms with Crippen LogP contribution < -0.4 is 15.4 Å². The first-order chi connectivity index (χ1) is 10.7. The first-order valence-corrected chi connectivity index (χ1v) is 7.57. The van der Waals surface area contributed by atoms with Crippen molar-refractivity contribution in [3.05, 3.63) is 54.6 Å². The molecule has 22 heavy (non-hydrogen) atoms. The smallest absolute Gasteiger partial charge is 0.227 e. The minimum atomic E-state index is 0.0138. The SMILES string of the molecule is CC(C(=O)Nc1cccc(Oc2ccccc2)c1)C1CNC1. The number of rotatable bonds is 5. The van der Waals surface area contributed by atoms with Gasteiger partial charge in [0.05, 0.1) is 0 Å². The van der Waals surface area contributed by atoms with Gasteiger partial charge in [-0.05, 0) is 43.3 Å². The standard InChI is InChI=1S/C18H20N2O2/c1-13(14-11-19-12-14)18(21)20-15-6-5-9-17(10-15)22-16-7-3-2-4-8-16/h2-10,13-14,19H,11-12H2,1H3,(H,20,21). The molecular formula is C18H20N2O2. The van der Waals surface area contributed by atoms with E-state index in [4.69, 9.17) is 4.74 Å². The Morgan fingerprint density at radius 3 is 2.55 bits per heavy atom. The van der Waals surface area contributed by atoms with E-state index < -0.39 is 0 Å². The molecule has 2 N–H and O–H groups in total. The van der Waals surface area contributed by atoms with Crippen molar-refractivity contribution in [2.75, 3.05) is 18.4 Å². The summed E-state index contributed by atoms with van der Waals surface area (Å²) in [5, 5.41) is 6.17. The Balaban J connectivity index is 1.64. The number of nitrogens with one attached hydrogen (secondary N) is 2. The lowest BCUT2D eigenvalue weighted by molar-refractivity contribution is -0.121. The number of ether oxygens (including phenoxy) is 1. The van der Waals surface area contributed by atoms with Gasteiger partial charge in [-0.1, -0.05) is 31.2 Å². The first-order valence-electron chi connectivity index (χ1n) is 7.57. The molecule has 0 spiro atoms. The number of hydrogen-bond donors (Lipinski definition) is 2. The molecular weight excluding hydrogens is 276 g/mol. The van der Waals surface area contributed by atoms with Gasteiger partial charge in [0.15, 0.2) is 0 Å². The average Bonchev–Trinajstić information content (AvgIpc) is 2.47. The molecule has 0 bridgehead atoms. The second-order valence-electron chi connectivity index (χ2n) is 5.64. The van der Waals surface area contributed by atoms with Crippen LogP contribution in [0.3, 0.4) is 0 Å². The molecule has 1 amide bonds. The van der Waals surface area contributed by atoms with Gasteiger partial charge in [0.1, 0.15) is 11.5 Å². The van der Waals surface area contributed by atoms with Crippen LogP contribution in [0.5, 0.6) is 11.5 Å². The Hall–Kier alpha value is -2.33.